The molecule has 2 heterocycles. The Bertz CT molecular complexity index is 1080. The van der Waals surface area contributed by atoms with Gasteiger partial charge in [-0.3, -0.25) is 4.98 Å². The van der Waals surface area contributed by atoms with E-state index in [9.17, 15) is 0 Å². The highest BCUT2D eigenvalue weighted by Crippen LogP contribution is 2.23. The zero-order chi connectivity index (χ0) is 19.2. The van der Waals surface area contributed by atoms with Gasteiger partial charge in [-0.15, -0.1) is 5.10 Å². The van der Waals surface area contributed by atoms with Crippen LogP contribution in [-0.4, -0.2) is 33.8 Å². The molecule has 28 heavy (non-hydrogen) atoms. The molecule has 140 valence electrons. The molecule has 0 aliphatic heterocycles. The van der Waals surface area contributed by atoms with E-state index in [1.165, 1.54) is 0 Å². The number of nitrogens with zero attached hydrogens (tertiary/aromatic N) is 4. The highest BCUT2D eigenvalue weighted by Gasteiger charge is 2.06. The van der Waals surface area contributed by atoms with E-state index >= 15 is 0 Å². The van der Waals surface area contributed by atoms with Crippen LogP contribution in [0.15, 0.2) is 67.0 Å². The second kappa shape index (κ2) is 8.30. The number of ether oxygens (including phenoxy) is 1. The van der Waals surface area contributed by atoms with Crippen molar-refractivity contribution >= 4 is 28.4 Å². The average molecular weight is 372 g/mol. The maximum absolute atomic E-state index is 5.38. The third-order valence-electron chi connectivity index (χ3n) is 4.32. The lowest BCUT2D eigenvalue weighted by atomic mass is 10.1. The first kappa shape index (κ1) is 17.7. The largest absolute Gasteiger partial charge is 0.496 e. The van der Waals surface area contributed by atoms with Gasteiger partial charge in [0.05, 0.1) is 24.5 Å². The molecule has 0 amide bonds. The molecule has 2 aromatic heterocycles. The minimum absolute atomic E-state index is 0.466. The number of pyridine rings is 1. The van der Waals surface area contributed by atoms with Gasteiger partial charge in [0, 0.05) is 18.1 Å². The summed E-state index contributed by atoms with van der Waals surface area (Å²) in [4.78, 5) is 8.94. The van der Waals surface area contributed by atoms with E-state index in [-0.39, 0.29) is 0 Å². The Morgan fingerprint density at radius 3 is 2.82 bits per heavy atom. The summed E-state index contributed by atoms with van der Waals surface area (Å²) in [7, 11) is 1.68. The first-order valence-electron chi connectivity index (χ1n) is 9.00. The normalized spacial score (nSPS) is 10.6. The molecule has 0 spiro atoms. The van der Waals surface area contributed by atoms with Gasteiger partial charge in [-0.1, -0.05) is 36.4 Å². The number of hydrogen-bond acceptors (Lipinski definition) is 7. The molecule has 0 fully saturated rings. The Hall–Kier alpha value is -3.74. The van der Waals surface area contributed by atoms with Crippen LogP contribution in [0.4, 0.5) is 17.5 Å². The molecule has 7 heteroatoms. The monoisotopic (exact) mass is 372 g/mol. The van der Waals surface area contributed by atoms with Gasteiger partial charge in [0.15, 0.2) is 5.82 Å². The topological polar surface area (TPSA) is 84.9 Å². The van der Waals surface area contributed by atoms with Crippen LogP contribution < -0.4 is 15.4 Å². The number of aromatic nitrogens is 4. The molecule has 4 aromatic rings. The van der Waals surface area contributed by atoms with Crippen LogP contribution in [0.25, 0.3) is 10.9 Å². The van der Waals surface area contributed by atoms with Crippen molar-refractivity contribution in [3.63, 3.8) is 0 Å². The van der Waals surface area contributed by atoms with E-state index in [0.717, 1.165) is 34.3 Å². The molecule has 4 rings (SSSR count). The second-order valence-electron chi connectivity index (χ2n) is 6.16. The third-order valence-corrected chi connectivity index (χ3v) is 4.32. The fraction of sp³-hybridized carbons (Fsp3) is 0.143. The van der Waals surface area contributed by atoms with Crippen molar-refractivity contribution in [3.05, 3.63) is 72.6 Å². The maximum Gasteiger partial charge on any atom is 0.244 e. The molecule has 0 saturated carbocycles. The molecule has 0 bridgehead atoms. The predicted molar refractivity (Wildman–Crippen MR) is 110 cm³/mol. The number of fused-ring (bicyclic) bond motifs is 1. The molecule has 2 N–H and O–H groups in total. The molecular formula is C21H20N6O. The van der Waals surface area contributed by atoms with Crippen LogP contribution in [0.3, 0.4) is 0 Å². The summed E-state index contributed by atoms with van der Waals surface area (Å²) in [6.07, 6.45) is 4.15. The van der Waals surface area contributed by atoms with Crippen LogP contribution in [0.1, 0.15) is 5.56 Å². The lowest BCUT2D eigenvalue weighted by molar-refractivity contribution is 0.410. The number of nitrogens with one attached hydrogen (secondary N) is 2. The number of rotatable bonds is 7. The molecule has 7 nitrogen and oxygen atoms in total. The Labute approximate surface area is 162 Å². The highest BCUT2D eigenvalue weighted by molar-refractivity contribution is 5.91. The Morgan fingerprint density at radius 2 is 1.89 bits per heavy atom. The van der Waals surface area contributed by atoms with E-state index in [0.29, 0.717) is 18.3 Å². The van der Waals surface area contributed by atoms with E-state index in [1.54, 1.807) is 19.5 Å². The summed E-state index contributed by atoms with van der Waals surface area (Å²) in [6.45, 7) is 0.668. The number of anilines is 3. The zero-order valence-electron chi connectivity index (χ0n) is 15.5. The predicted octanol–water partition coefficient (Wildman–Crippen LogP) is 3.83. The first-order valence-corrected chi connectivity index (χ1v) is 9.00. The molecule has 0 saturated heterocycles. The van der Waals surface area contributed by atoms with Crippen molar-refractivity contribution in [1.29, 1.82) is 0 Å². The summed E-state index contributed by atoms with van der Waals surface area (Å²) < 4.78 is 5.38. The standard InChI is InChI=1S/C21H20N6O/c1-28-18-10-3-2-6-15(18)11-13-23-21-26-19(14-24-27-21)25-17-9-4-7-16-8-5-12-22-20(16)17/h2-10,12,14H,11,13H2,1H3,(H2,23,25,26,27). The summed E-state index contributed by atoms with van der Waals surface area (Å²) in [5.74, 6) is 1.95. The first-order chi connectivity index (χ1) is 13.8. The molecule has 0 aliphatic carbocycles. The molecular weight excluding hydrogens is 352 g/mol. The molecule has 2 aromatic carbocycles. The van der Waals surface area contributed by atoms with Gasteiger partial charge in [0.2, 0.25) is 5.95 Å². The smallest absolute Gasteiger partial charge is 0.244 e. The van der Waals surface area contributed by atoms with E-state index in [2.05, 4.69) is 30.8 Å². The Morgan fingerprint density at radius 1 is 1.00 bits per heavy atom. The third kappa shape index (κ3) is 3.98. The van der Waals surface area contributed by atoms with E-state index in [1.807, 2.05) is 54.6 Å². The van der Waals surface area contributed by atoms with Crippen molar-refractivity contribution in [1.82, 2.24) is 20.2 Å². The number of para-hydroxylation sites is 2. The maximum atomic E-state index is 5.38. The lowest BCUT2D eigenvalue weighted by Crippen LogP contribution is -2.10. The molecule has 0 aliphatic rings. The van der Waals surface area contributed by atoms with Gasteiger partial charge < -0.3 is 15.4 Å². The Kier molecular flexibility index (Phi) is 5.24. The van der Waals surface area contributed by atoms with Gasteiger partial charge in [-0.05, 0) is 30.2 Å². The summed E-state index contributed by atoms with van der Waals surface area (Å²) in [6, 6.07) is 17.9. The fourth-order valence-corrected chi connectivity index (χ4v) is 3.00. The molecule has 0 radical (unpaired) electrons. The summed E-state index contributed by atoms with van der Waals surface area (Å²) in [5.41, 5.74) is 2.88. The quantitative estimate of drug-likeness (QED) is 0.510. The van der Waals surface area contributed by atoms with Crippen molar-refractivity contribution in [2.24, 2.45) is 0 Å². The SMILES string of the molecule is COc1ccccc1CCNc1nncc(Nc2cccc3cccnc23)n1. The summed E-state index contributed by atoms with van der Waals surface area (Å²) in [5, 5.41) is 15.6. The van der Waals surface area contributed by atoms with E-state index < -0.39 is 0 Å². The highest BCUT2D eigenvalue weighted by atomic mass is 16.5. The van der Waals surface area contributed by atoms with Crippen LogP contribution in [0.2, 0.25) is 0 Å². The average Bonchev–Trinajstić information content (AvgIpc) is 2.75. The minimum atomic E-state index is 0.466. The second-order valence-corrected chi connectivity index (χ2v) is 6.16. The lowest BCUT2D eigenvalue weighted by Gasteiger charge is -2.10. The van der Waals surface area contributed by atoms with Crippen LogP contribution in [0, 0.1) is 0 Å². The zero-order valence-corrected chi connectivity index (χ0v) is 15.5. The minimum Gasteiger partial charge on any atom is -0.496 e. The number of methoxy groups -OCH3 is 1. The summed E-state index contributed by atoms with van der Waals surface area (Å²) >= 11 is 0. The van der Waals surface area contributed by atoms with Gasteiger partial charge in [0.25, 0.3) is 0 Å². The van der Waals surface area contributed by atoms with Gasteiger partial charge in [-0.25, -0.2) is 0 Å². The molecule has 0 atom stereocenters. The number of hydrogen-bond donors (Lipinski definition) is 2. The van der Waals surface area contributed by atoms with Gasteiger partial charge in [0.1, 0.15) is 5.75 Å². The van der Waals surface area contributed by atoms with Gasteiger partial charge >= 0.3 is 0 Å². The van der Waals surface area contributed by atoms with Crippen molar-refractivity contribution in [2.75, 3.05) is 24.3 Å². The fourth-order valence-electron chi connectivity index (χ4n) is 3.00. The van der Waals surface area contributed by atoms with Crippen LogP contribution in [0.5, 0.6) is 5.75 Å². The molecule has 0 unspecified atom stereocenters. The van der Waals surface area contributed by atoms with Crippen LogP contribution in [-0.2, 0) is 6.42 Å². The van der Waals surface area contributed by atoms with E-state index in [4.69, 9.17) is 4.74 Å². The van der Waals surface area contributed by atoms with Crippen molar-refractivity contribution in [2.45, 2.75) is 6.42 Å². The number of benzene rings is 2. The Balaban J connectivity index is 1.44. The van der Waals surface area contributed by atoms with Crippen molar-refractivity contribution in [3.8, 4) is 5.75 Å². The van der Waals surface area contributed by atoms with Crippen molar-refractivity contribution < 1.29 is 4.74 Å². The van der Waals surface area contributed by atoms with Crippen LogP contribution >= 0.6 is 0 Å². The van der Waals surface area contributed by atoms with Gasteiger partial charge in [-0.2, -0.15) is 10.1 Å².